The molecule has 1 amide bonds. The number of thiophene rings is 1. The smallest absolute Gasteiger partial charge is 0.263 e. The first-order valence-corrected chi connectivity index (χ1v) is 8.60. The van der Waals surface area contributed by atoms with Crippen molar-refractivity contribution in [1.29, 1.82) is 0 Å². The van der Waals surface area contributed by atoms with Crippen LogP contribution in [0.15, 0.2) is 42.7 Å². The molecule has 1 aromatic carbocycles. The summed E-state index contributed by atoms with van der Waals surface area (Å²) in [5.74, 6) is 0.799. The first-order chi connectivity index (χ1) is 11.8. The van der Waals surface area contributed by atoms with Gasteiger partial charge in [-0.25, -0.2) is 0 Å². The summed E-state index contributed by atoms with van der Waals surface area (Å²) >= 11 is 1.53. The molecule has 0 saturated heterocycles. The van der Waals surface area contributed by atoms with Crippen LogP contribution in [0.5, 0.6) is 5.75 Å². The molecule has 0 atom stereocenters. The van der Waals surface area contributed by atoms with Gasteiger partial charge in [0.2, 0.25) is 0 Å². The number of carbonyl (C=O) groups excluding carboxylic acids is 1. The highest BCUT2D eigenvalue weighted by Gasteiger charge is 2.26. The normalized spacial score (nSPS) is 14.2. The Morgan fingerprint density at radius 3 is 3.08 bits per heavy atom. The molecule has 6 heteroatoms. The Morgan fingerprint density at radius 1 is 1.38 bits per heavy atom. The van der Waals surface area contributed by atoms with E-state index in [-0.39, 0.29) is 5.91 Å². The third kappa shape index (κ3) is 2.59. The summed E-state index contributed by atoms with van der Waals surface area (Å²) in [6.07, 6.45) is 3.64. The Bertz CT molecular complexity index is 892. The highest BCUT2D eigenvalue weighted by atomic mass is 32.1. The van der Waals surface area contributed by atoms with Gasteiger partial charge in [-0.3, -0.25) is 9.78 Å². The third-order valence-corrected chi connectivity index (χ3v) is 5.31. The molecule has 3 aromatic rings. The van der Waals surface area contributed by atoms with Gasteiger partial charge in [-0.1, -0.05) is 6.07 Å². The van der Waals surface area contributed by atoms with E-state index in [1.165, 1.54) is 11.3 Å². The number of hydrogen-bond donors (Lipinski definition) is 1. The molecular weight excluding hydrogens is 322 g/mol. The summed E-state index contributed by atoms with van der Waals surface area (Å²) in [6.45, 7) is 2.11. The maximum atomic E-state index is 12.5. The topological polar surface area (TPSA) is 54.5 Å². The van der Waals surface area contributed by atoms with Crippen molar-refractivity contribution in [1.82, 2.24) is 10.3 Å². The van der Waals surface area contributed by atoms with Crippen molar-refractivity contribution < 1.29 is 9.53 Å². The van der Waals surface area contributed by atoms with E-state index in [4.69, 9.17) is 4.74 Å². The van der Waals surface area contributed by atoms with Crippen molar-refractivity contribution in [2.75, 3.05) is 25.1 Å². The summed E-state index contributed by atoms with van der Waals surface area (Å²) < 4.78 is 6.46. The van der Waals surface area contributed by atoms with E-state index < -0.39 is 0 Å². The van der Waals surface area contributed by atoms with Gasteiger partial charge in [0.05, 0.1) is 12.8 Å². The molecule has 0 bridgehead atoms. The molecule has 5 nitrogen and oxygen atoms in total. The number of nitrogens with zero attached hydrogens (tertiary/aromatic N) is 2. The van der Waals surface area contributed by atoms with Crippen LogP contribution in [0.25, 0.3) is 10.1 Å². The van der Waals surface area contributed by atoms with Gasteiger partial charge >= 0.3 is 0 Å². The van der Waals surface area contributed by atoms with Crippen LogP contribution < -0.4 is 15.0 Å². The monoisotopic (exact) mass is 339 g/mol. The zero-order valence-corrected chi connectivity index (χ0v) is 14.1. The predicted molar refractivity (Wildman–Crippen MR) is 96.0 cm³/mol. The summed E-state index contributed by atoms with van der Waals surface area (Å²) in [5, 5.41) is 4.05. The van der Waals surface area contributed by atoms with E-state index in [0.717, 1.165) is 45.1 Å². The van der Waals surface area contributed by atoms with Gasteiger partial charge in [0.15, 0.2) is 0 Å². The minimum Gasteiger partial charge on any atom is -0.497 e. The molecule has 0 aliphatic carbocycles. The lowest BCUT2D eigenvalue weighted by atomic mass is 10.1. The van der Waals surface area contributed by atoms with Gasteiger partial charge < -0.3 is 15.0 Å². The molecular formula is C18H17N3O2S. The van der Waals surface area contributed by atoms with Gasteiger partial charge in [-0.05, 0) is 29.8 Å². The second kappa shape index (κ2) is 6.13. The Hall–Kier alpha value is -2.60. The number of nitrogens with one attached hydrogen (secondary N) is 1. The van der Waals surface area contributed by atoms with Gasteiger partial charge in [-0.2, -0.15) is 0 Å². The number of pyridine rings is 1. The number of amides is 1. The molecule has 122 valence electrons. The average Bonchev–Trinajstić information content (AvgIpc) is 2.93. The molecule has 0 radical (unpaired) electrons. The van der Waals surface area contributed by atoms with Gasteiger partial charge in [0.25, 0.3) is 5.91 Å². The van der Waals surface area contributed by atoms with Crippen molar-refractivity contribution in [2.24, 2.45) is 0 Å². The summed E-state index contributed by atoms with van der Waals surface area (Å²) in [4.78, 5) is 19.7. The summed E-state index contributed by atoms with van der Waals surface area (Å²) in [6, 6.07) is 9.96. The average molecular weight is 339 g/mol. The Labute approximate surface area is 143 Å². The molecule has 0 fully saturated rings. The fourth-order valence-corrected chi connectivity index (χ4v) is 4.15. The zero-order valence-electron chi connectivity index (χ0n) is 13.3. The standard InChI is InChI=1S/C18H17N3O2S/c1-23-13-4-5-15-14(9-13)16-17(24-15)18(22)20-7-8-21(16)11-12-3-2-6-19-10-12/h2-6,9-10H,7-8,11H2,1H3,(H,20,22). The number of fused-ring (bicyclic) bond motifs is 3. The molecule has 2 aromatic heterocycles. The number of ether oxygens (including phenoxy) is 1. The van der Waals surface area contributed by atoms with E-state index in [9.17, 15) is 4.79 Å². The van der Waals surface area contributed by atoms with E-state index in [2.05, 4.69) is 21.3 Å². The number of rotatable bonds is 3. The molecule has 0 saturated carbocycles. The second-order valence-electron chi connectivity index (χ2n) is 5.68. The van der Waals surface area contributed by atoms with E-state index in [1.54, 1.807) is 13.3 Å². The van der Waals surface area contributed by atoms with Gasteiger partial charge in [0, 0.05) is 42.1 Å². The predicted octanol–water partition coefficient (Wildman–Crippen LogP) is 3.05. The molecule has 0 unspecified atom stereocenters. The highest BCUT2D eigenvalue weighted by Crippen LogP contribution is 2.41. The van der Waals surface area contributed by atoms with Gasteiger partial charge in [-0.15, -0.1) is 11.3 Å². The second-order valence-corrected chi connectivity index (χ2v) is 6.73. The summed E-state index contributed by atoms with van der Waals surface area (Å²) in [5.41, 5.74) is 2.12. The minimum absolute atomic E-state index is 0.00106. The third-order valence-electron chi connectivity index (χ3n) is 4.15. The van der Waals surface area contributed by atoms with E-state index in [1.807, 2.05) is 30.5 Å². The lowest BCUT2D eigenvalue weighted by molar-refractivity contribution is 0.0962. The molecule has 1 N–H and O–H groups in total. The van der Waals surface area contributed by atoms with Crippen molar-refractivity contribution in [3.8, 4) is 5.75 Å². The largest absolute Gasteiger partial charge is 0.497 e. The van der Waals surface area contributed by atoms with E-state index in [0.29, 0.717) is 6.54 Å². The van der Waals surface area contributed by atoms with Crippen LogP contribution in [-0.4, -0.2) is 31.1 Å². The maximum absolute atomic E-state index is 12.5. The fourth-order valence-electron chi connectivity index (χ4n) is 3.03. The Kier molecular flexibility index (Phi) is 3.82. The van der Waals surface area contributed by atoms with Crippen molar-refractivity contribution in [3.63, 3.8) is 0 Å². The first-order valence-electron chi connectivity index (χ1n) is 7.79. The van der Waals surface area contributed by atoms with Crippen molar-refractivity contribution in [3.05, 3.63) is 53.2 Å². The maximum Gasteiger partial charge on any atom is 0.263 e. The minimum atomic E-state index is -0.00106. The molecule has 1 aliphatic heterocycles. The van der Waals surface area contributed by atoms with E-state index >= 15 is 0 Å². The molecule has 3 heterocycles. The van der Waals surface area contributed by atoms with Gasteiger partial charge in [0.1, 0.15) is 10.6 Å². The van der Waals surface area contributed by atoms with Crippen LogP contribution in [0.1, 0.15) is 15.2 Å². The highest BCUT2D eigenvalue weighted by molar-refractivity contribution is 7.21. The summed E-state index contributed by atoms with van der Waals surface area (Å²) in [7, 11) is 1.66. The Balaban J connectivity index is 1.85. The van der Waals surface area contributed by atoms with Crippen LogP contribution in [0.4, 0.5) is 5.69 Å². The number of benzene rings is 1. The van der Waals surface area contributed by atoms with Crippen LogP contribution in [-0.2, 0) is 6.54 Å². The zero-order chi connectivity index (χ0) is 16.5. The van der Waals surface area contributed by atoms with Crippen molar-refractivity contribution >= 4 is 33.0 Å². The number of aromatic nitrogens is 1. The fraction of sp³-hybridized carbons (Fsp3) is 0.222. The molecule has 4 rings (SSSR count). The number of anilines is 1. The number of hydrogen-bond acceptors (Lipinski definition) is 5. The number of methoxy groups -OCH3 is 1. The number of carbonyl (C=O) groups is 1. The van der Waals surface area contributed by atoms with Crippen LogP contribution >= 0.6 is 11.3 Å². The SMILES string of the molecule is COc1ccc2sc3c(c2c1)N(Cc1cccnc1)CCNC3=O. The van der Waals surface area contributed by atoms with Crippen LogP contribution in [0, 0.1) is 0 Å². The first kappa shape index (κ1) is 15.0. The molecule has 24 heavy (non-hydrogen) atoms. The molecule has 1 aliphatic rings. The van der Waals surface area contributed by atoms with Crippen LogP contribution in [0.2, 0.25) is 0 Å². The van der Waals surface area contributed by atoms with Crippen LogP contribution in [0.3, 0.4) is 0 Å². The lowest BCUT2D eigenvalue weighted by Gasteiger charge is -2.23. The quantitative estimate of drug-likeness (QED) is 0.797. The molecule has 0 spiro atoms. The Morgan fingerprint density at radius 2 is 2.29 bits per heavy atom. The lowest BCUT2D eigenvalue weighted by Crippen LogP contribution is -2.29. The van der Waals surface area contributed by atoms with Crippen molar-refractivity contribution in [2.45, 2.75) is 6.54 Å².